The summed E-state index contributed by atoms with van der Waals surface area (Å²) in [6.45, 7) is 9.58. The summed E-state index contributed by atoms with van der Waals surface area (Å²) in [4.78, 5) is 29.5. The molecule has 0 aliphatic carbocycles. The molecule has 2 heterocycles. The second-order valence-electron chi connectivity index (χ2n) is 6.61. The summed E-state index contributed by atoms with van der Waals surface area (Å²) in [6, 6.07) is 7.60. The Bertz CT molecular complexity index is 576. The highest BCUT2D eigenvalue weighted by Crippen LogP contribution is 2.22. The fourth-order valence-corrected chi connectivity index (χ4v) is 3.73. The molecule has 5 heteroatoms. The molecule has 2 fully saturated rings. The molecule has 1 aromatic carbocycles. The normalized spacial score (nSPS) is 28.4. The van der Waals surface area contributed by atoms with Gasteiger partial charge in [0.25, 0.3) is 5.91 Å². The van der Waals surface area contributed by atoms with E-state index in [1.807, 2.05) is 24.3 Å². The number of carbonyl (C=O) groups excluding carboxylic acids is 2. The predicted molar refractivity (Wildman–Crippen MR) is 88.7 cm³/mol. The number of likely N-dealkylation sites (N-methyl/N-ethyl adjacent to an activating group) is 1. The Morgan fingerprint density at radius 1 is 1.04 bits per heavy atom. The van der Waals surface area contributed by atoms with Gasteiger partial charge in [-0.15, -0.1) is 0 Å². The molecule has 3 rings (SSSR count). The minimum absolute atomic E-state index is 0.0193. The average molecular weight is 317 g/mol. The Labute approximate surface area is 137 Å². The fourth-order valence-electron chi connectivity index (χ4n) is 3.73. The summed E-state index contributed by atoms with van der Waals surface area (Å²) < 4.78 is 0. The lowest BCUT2D eigenvalue weighted by molar-refractivity contribution is -1.02. The van der Waals surface area contributed by atoms with Gasteiger partial charge < -0.3 is 9.80 Å². The first kappa shape index (κ1) is 16.1. The minimum atomic E-state index is -0.188. The van der Waals surface area contributed by atoms with Crippen LogP contribution in [-0.2, 0) is 16.0 Å². The molecule has 2 N–H and O–H groups in total. The van der Waals surface area contributed by atoms with E-state index in [1.165, 1.54) is 15.4 Å². The SMILES string of the molecule is CCc1ccc(N2C(=O)C[C@@H]([NH+]3CC[NH+](CC)CC3)C2=O)cc1. The molecule has 0 saturated carbocycles. The van der Waals surface area contributed by atoms with Gasteiger partial charge in [-0.05, 0) is 31.0 Å². The Hall–Kier alpha value is -1.72. The predicted octanol–water partition coefficient (Wildman–Crippen LogP) is -1.32. The van der Waals surface area contributed by atoms with Gasteiger partial charge in [-0.25, -0.2) is 4.90 Å². The van der Waals surface area contributed by atoms with Gasteiger partial charge in [0.05, 0.1) is 18.7 Å². The third kappa shape index (κ3) is 3.16. The molecular weight excluding hydrogens is 290 g/mol. The number of hydrogen-bond acceptors (Lipinski definition) is 2. The van der Waals surface area contributed by atoms with E-state index in [-0.39, 0.29) is 17.9 Å². The molecule has 5 nitrogen and oxygen atoms in total. The Balaban J connectivity index is 1.72. The molecule has 2 saturated heterocycles. The van der Waals surface area contributed by atoms with Crippen LogP contribution < -0.4 is 14.7 Å². The maximum absolute atomic E-state index is 12.8. The molecule has 2 amide bonds. The lowest BCUT2D eigenvalue weighted by Gasteiger charge is -2.31. The van der Waals surface area contributed by atoms with Crippen LogP contribution in [-0.4, -0.2) is 50.6 Å². The zero-order valence-electron chi connectivity index (χ0n) is 14.1. The van der Waals surface area contributed by atoms with E-state index in [4.69, 9.17) is 0 Å². The average Bonchev–Trinajstić information content (AvgIpc) is 2.89. The van der Waals surface area contributed by atoms with E-state index in [9.17, 15) is 9.59 Å². The summed E-state index contributed by atoms with van der Waals surface area (Å²) in [6.07, 6.45) is 1.31. The van der Waals surface area contributed by atoms with Crippen LogP contribution in [0, 0.1) is 0 Å². The molecule has 1 aromatic rings. The highest BCUT2D eigenvalue weighted by molar-refractivity contribution is 6.21. The third-order valence-electron chi connectivity index (χ3n) is 5.34. The van der Waals surface area contributed by atoms with Gasteiger partial charge in [-0.2, -0.15) is 0 Å². The monoisotopic (exact) mass is 317 g/mol. The first-order valence-electron chi connectivity index (χ1n) is 8.78. The van der Waals surface area contributed by atoms with E-state index >= 15 is 0 Å². The van der Waals surface area contributed by atoms with Crippen molar-refractivity contribution in [2.45, 2.75) is 32.7 Å². The Morgan fingerprint density at radius 3 is 2.26 bits per heavy atom. The Morgan fingerprint density at radius 2 is 1.70 bits per heavy atom. The van der Waals surface area contributed by atoms with Crippen LogP contribution in [0.2, 0.25) is 0 Å². The molecule has 0 spiro atoms. The van der Waals surface area contributed by atoms with Crippen molar-refractivity contribution in [1.82, 2.24) is 0 Å². The third-order valence-corrected chi connectivity index (χ3v) is 5.34. The van der Waals surface area contributed by atoms with Gasteiger partial charge in [0.15, 0.2) is 6.04 Å². The van der Waals surface area contributed by atoms with E-state index in [1.54, 1.807) is 4.90 Å². The van der Waals surface area contributed by atoms with Crippen LogP contribution in [0.5, 0.6) is 0 Å². The van der Waals surface area contributed by atoms with Crippen LogP contribution in [0.1, 0.15) is 25.8 Å². The van der Waals surface area contributed by atoms with E-state index in [0.717, 1.165) is 44.8 Å². The van der Waals surface area contributed by atoms with Gasteiger partial charge in [0, 0.05) is 0 Å². The van der Waals surface area contributed by atoms with E-state index < -0.39 is 0 Å². The van der Waals surface area contributed by atoms with Gasteiger partial charge in [0.2, 0.25) is 5.91 Å². The zero-order chi connectivity index (χ0) is 16.4. The second kappa shape index (κ2) is 6.81. The largest absolute Gasteiger partial charge is 0.326 e. The quantitative estimate of drug-likeness (QED) is 0.677. The maximum Gasteiger partial charge on any atom is 0.292 e. The molecule has 2 aliphatic rings. The summed E-state index contributed by atoms with van der Waals surface area (Å²) in [5, 5.41) is 0. The van der Waals surface area contributed by atoms with E-state index in [0.29, 0.717) is 6.42 Å². The molecule has 124 valence electrons. The molecule has 0 bridgehead atoms. The fraction of sp³-hybridized carbons (Fsp3) is 0.556. The van der Waals surface area contributed by atoms with Crippen molar-refractivity contribution in [2.24, 2.45) is 0 Å². The van der Waals surface area contributed by atoms with Crippen LogP contribution >= 0.6 is 0 Å². The molecular formula is C18H27N3O2+2. The number of carbonyl (C=O) groups is 2. The highest BCUT2D eigenvalue weighted by atomic mass is 16.2. The number of quaternary nitrogens is 2. The molecule has 23 heavy (non-hydrogen) atoms. The van der Waals surface area contributed by atoms with Crippen LogP contribution in [0.25, 0.3) is 0 Å². The Kier molecular flexibility index (Phi) is 4.78. The van der Waals surface area contributed by atoms with Gasteiger partial charge in [0.1, 0.15) is 26.2 Å². The van der Waals surface area contributed by atoms with Gasteiger partial charge >= 0.3 is 0 Å². The van der Waals surface area contributed by atoms with Crippen molar-refractivity contribution in [3.05, 3.63) is 29.8 Å². The summed E-state index contributed by atoms with van der Waals surface area (Å²) in [5.74, 6) is -0.0730. The number of piperazine rings is 1. The maximum atomic E-state index is 12.8. The number of imide groups is 1. The van der Waals surface area contributed by atoms with E-state index in [2.05, 4.69) is 13.8 Å². The summed E-state index contributed by atoms with van der Waals surface area (Å²) in [5.41, 5.74) is 1.94. The van der Waals surface area contributed by atoms with Crippen molar-refractivity contribution < 1.29 is 19.4 Å². The topological polar surface area (TPSA) is 46.3 Å². The molecule has 2 aliphatic heterocycles. The first-order valence-corrected chi connectivity index (χ1v) is 8.78. The summed E-state index contributed by atoms with van der Waals surface area (Å²) in [7, 11) is 0. The second-order valence-corrected chi connectivity index (χ2v) is 6.61. The van der Waals surface area contributed by atoms with Crippen molar-refractivity contribution in [1.29, 1.82) is 0 Å². The number of benzene rings is 1. The van der Waals surface area contributed by atoms with Crippen LogP contribution in [0.3, 0.4) is 0 Å². The number of anilines is 1. The lowest BCUT2D eigenvalue weighted by atomic mass is 10.1. The number of nitrogens with one attached hydrogen (secondary N) is 2. The summed E-state index contributed by atoms with van der Waals surface area (Å²) >= 11 is 0. The van der Waals surface area contributed by atoms with Crippen molar-refractivity contribution in [3.8, 4) is 0 Å². The standard InChI is InChI=1S/C18H25N3O2/c1-3-14-5-7-15(8-6-14)21-17(22)13-16(18(21)23)20-11-9-19(4-2)10-12-20/h5-8,16H,3-4,9-13H2,1-2H3/p+2/t16-/m1/s1. The van der Waals surface area contributed by atoms with Gasteiger partial charge in [-0.3, -0.25) is 9.59 Å². The number of aryl methyl sites for hydroxylation is 1. The van der Waals surface area contributed by atoms with Gasteiger partial charge in [-0.1, -0.05) is 19.1 Å². The van der Waals surface area contributed by atoms with Crippen LogP contribution in [0.15, 0.2) is 24.3 Å². The van der Waals surface area contributed by atoms with Crippen LogP contribution in [0.4, 0.5) is 5.69 Å². The van der Waals surface area contributed by atoms with Crippen molar-refractivity contribution in [2.75, 3.05) is 37.6 Å². The number of rotatable bonds is 4. The number of amides is 2. The number of nitrogens with zero attached hydrogens (tertiary/aromatic N) is 1. The lowest BCUT2D eigenvalue weighted by Crippen LogP contribution is -3.29. The molecule has 0 aromatic heterocycles. The van der Waals surface area contributed by atoms with Crippen molar-refractivity contribution >= 4 is 17.5 Å². The zero-order valence-corrected chi connectivity index (χ0v) is 14.1. The molecule has 1 atom stereocenters. The highest BCUT2D eigenvalue weighted by Gasteiger charge is 2.46. The van der Waals surface area contributed by atoms with Crippen molar-refractivity contribution in [3.63, 3.8) is 0 Å². The molecule has 0 radical (unpaired) electrons. The number of hydrogen-bond donors (Lipinski definition) is 2. The first-order chi connectivity index (χ1) is 11.1. The molecule has 0 unspecified atom stereocenters. The minimum Gasteiger partial charge on any atom is -0.326 e. The smallest absolute Gasteiger partial charge is 0.292 e.